The summed E-state index contributed by atoms with van der Waals surface area (Å²) >= 11 is 0. The summed E-state index contributed by atoms with van der Waals surface area (Å²) in [5.41, 5.74) is 0. The van der Waals surface area contributed by atoms with Crippen LogP contribution in [0.1, 0.15) is 6.42 Å². The van der Waals surface area contributed by atoms with E-state index in [2.05, 4.69) is 11.8 Å². The third kappa shape index (κ3) is 3.54. The van der Waals surface area contributed by atoms with Gasteiger partial charge in [-0.05, 0) is 14.1 Å². The monoisotopic (exact) mass is 210 g/mol. The molecule has 1 heterocycles. The summed E-state index contributed by atoms with van der Waals surface area (Å²) in [7, 11) is 5.51. The molecule has 0 saturated carbocycles. The minimum atomic E-state index is -0.249. The largest absolute Gasteiger partial charge is 0.372 e. The maximum Gasteiger partial charge on any atom is 0.252 e. The van der Waals surface area contributed by atoms with Crippen molar-refractivity contribution in [1.29, 1.82) is 0 Å². The van der Waals surface area contributed by atoms with Crippen LogP contribution in [0.4, 0.5) is 0 Å². The number of ether oxygens (including phenoxy) is 1. The van der Waals surface area contributed by atoms with Gasteiger partial charge in [0.1, 0.15) is 6.10 Å². The number of nitrogens with zero attached hydrogens (tertiary/aromatic N) is 2. The normalized spacial score (nSPS) is 20.7. The van der Waals surface area contributed by atoms with Crippen LogP contribution in [0.5, 0.6) is 0 Å². The van der Waals surface area contributed by atoms with Crippen molar-refractivity contribution in [2.24, 2.45) is 0 Å². The highest BCUT2D eigenvalue weighted by Crippen LogP contribution is 2.12. The third-order valence-electron chi connectivity index (χ3n) is 2.32. The van der Waals surface area contributed by atoms with Gasteiger partial charge >= 0.3 is 0 Å². The van der Waals surface area contributed by atoms with Gasteiger partial charge in [-0.15, -0.1) is 0 Å². The average molecular weight is 210 g/mol. The van der Waals surface area contributed by atoms with Crippen molar-refractivity contribution in [2.75, 3.05) is 40.8 Å². The first-order chi connectivity index (χ1) is 7.15. The van der Waals surface area contributed by atoms with Gasteiger partial charge in [0.25, 0.3) is 5.91 Å². The van der Waals surface area contributed by atoms with Crippen molar-refractivity contribution in [2.45, 2.75) is 12.5 Å². The molecule has 1 fully saturated rings. The van der Waals surface area contributed by atoms with Gasteiger partial charge in [0.15, 0.2) is 0 Å². The van der Waals surface area contributed by atoms with E-state index in [1.165, 1.54) is 0 Å². The summed E-state index contributed by atoms with van der Waals surface area (Å²) in [6.07, 6.45) is 0.533. The zero-order chi connectivity index (χ0) is 11.3. The molecular weight excluding hydrogens is 192 g/mol. The van der Waals surface area contributed by atoms with Crippen LogP contribution in [0.3, 0.4) is 0 Å². The molecule has 1 rings (SSSR count). The Morgan fingerprint density at radius 3 is 2.80 bits per heavy atom. The van der Waals surface area contributed by atoms with Crippen molar-refractivity contribution >= 4 is 5.91 Å². The predicted octanol–water partition coefficient (Wildman–Crippen LogP) is -0.201. The van der Waals surface area contributed by atoms with Gasteiger partial charge in [-0.2, -0.15) is 0 Å². The van der Waals surface area contributed by atoms with Crippen LogP contribution in [-0.4, -0.2) is 62.7 Å². The number of methoxy groups -OCH3 is 1. The highest BCUT2D eigenvalue weighted by atomic mass is 16.5. The molecule has 0 spiro atoms. The van der Waals surface area contributed by atoms with Gasteiger partial charge in [0.05, 0.1) is 13.1 Å². The van der Waals surface area contributed by atoms with Crippen LogP contribution in [0.15, 0.2) is 0 Å². The lowest BCUT2D eigenvalue weighted by molar-refractivity contribution is -0.135. The predicted molar refractivity (Wildman–Crippen MR) is 58.3 cm³/mol. The molecule has 0 aromatic heterocycles. The molecule has 0 bridgehead atoms. The maximum atomic E-state index is 11.6. The van der Waals surface area contributed by atoms with Crippen LogP contribution >= 0.6 is 0 Å². The standard InChI is InChI=1S/C11H18N2O2/c1-12(2)7-4-5-8-13-9-6-10(15-3)11(13)14/h10H,6-9H2,1-3H3. The minimum Gasteiger partial charge on any atom is -0.372 e. The molecule has 0 aromatic rings. The lowest BCUT2D eigenvalue weighted by Gasteiger charge is -2.12. The molecular formula is C11H18N2O2. The molecule has 1 amide bonds. The molecule has 84 valence electrons. The molecule has 1 aliphatic heterocycles. The van der Waals surface area contributed by atoms with Crippen LogP contribution in [0.25, 0.3) is 0 Å². The lowest BCUT2D eigenvalue weighted by Crippen LogP contribution is -2.30. The number of hydrogen-bond acceptors (Lipinski definition) is 3. The molecule has 1 unspecified atom stereocenters. The van der Waals surface area contributed by atoms with Crippen LogP contribution in [0, 0.1) is 11.8 Å². The van der Waals surface area contributed by atoms with Crippen molar-refractivity contribution in [3.05, 3.63) is 0 Å². The molecule has 4 heteroatoms. The quantitative estimate of drug-likeness (QED) is 0.605. The number of carbonyl (C=O) groups excluding carboxylic acids is 1. The molecule has 15 heavy (non-hydrogen) atoms. The summed E-state index contributed by atoms with van der Waals surface area (Å²) in [6.45, 7) is 2.01. The van der Waals surface area contributed by atoms with E-state index in [-0.39, 0.29) is 12.0 Å². The number of amides is 1. The number of carbonyl (C=O) groups is 1. The number of hydrogen-bond donors (Lipinski definition) is 0. The van der Waals surface area contributed by atoms with E-state index in [0.29, 0.717) is 6.54 Å². The Balaban J connectivity index is 2.33. The molecule has 0 radical (unpaired) electrons. The minimum absolute atomic E-state index is 0.0663. The van der Waals surface area contributed by atoms with Crippen LogP contribution in [0.2, 0.25) is 0 Å². The van der Waals surface area contributed by atoms with Crippen LogP contribution < -0.4 is 0 Å². The molecule has 0 aromatic carbocycles. The van der Waals surface area contributed by atoms with E-state index in [1.807, 2.05) is 19.0 Å². The molecule has 1 atom stereocenters. The molecule has 0 N–H and O–H groups in total. The summed E-state index contributed by atoms with van der Waals surface area (Å²) in [5.74, 6) is 6.06. The second-order valence-electron chi connectivity index (χ2n) is 3.86. The van der Waals surface area contributed by atoms with Gasteiger partial charge in [-0.1, -0.05) is 11.8 Å². The van der Waals surface area contributed by atoms with Gasteiger partial charge in [-0.25, -0.2) is 0 Å². The summed E-state index contributed by atoms with van der Waals surface area (Å²) in [5, 5.41) is 0. The second kappa shape index (κ2) is 5.74. The summed E-state index contributed by atoms with van der Waals surface area (Å²) in [6, 6.07) is 0. The average Bonchev–Trinajstić information content (AvgIpc) is 2.54. The number of rotatable bonds is 3. The van der Waals surface area contributed by atoms with Gasteiger partial charge in [-0.3, -0.25) is 9.69 Å². The zero-order valence-electron chi connectivity index (χ0n) is 9.62. The molecule has 0 aliphatic carbocycles. The fourth-order valence-corrected chi connectivity index (χ4v) is 1.45. The summed E-state index contributed by atoms with van der Waals surface area (Å²) < 4.78 is 5.05. The topological polar surface area (TPSA) is 32.8 Å². The van der Waals surface area contributed by atoms with Crippen molar-refractivity contribution in [3.8, 4) is 11.8 Å². The van der Waals surface area contributed by atoms with Gasteiger partial charge in [0, 0.05) is 20.1 Å². The van der Waals surface area contributed by atoms with Crippen molar-refractivity contribution < 1.29 is 9.53 Å². The summed E-state index contributed by atoms with van der Waals surface area (Å²) in [4.78, 5) is 15.3. The van der Waals surface area contributed by atoms with E-state index in [4.69, 9.17) is 4.74 Å². The van der Waals surface area contributed by atoms with Gasteiger partial charge < -0.3 is 9.64 Å². The Morgan fingerprint density at radius 2 is 2.27 bits per heavy atom. The Hall–Kier alpha value is -1.05. The third-order valence-corrected chi connectivity index (χ3v) is 2.32. The molecule has 1 saturated heterocycles. The van der Waals surface area contributed by atoms with E-state index in [1.54, 1.807) is 12.0 Å². The Morgan fingerprint density at radius 1 is 1.53 bits per heavy atom. The second-order valence-corrected chi connectivity index (χ2v) is 3.86. The zero-order valence-corrected chi connectivity index (χ0v) is 9.62. The Kier molecular flexibility index (Phi) is 4.60. The fraction of sp³-hybridized carbons (Fsp3) is 0.727. The van der Waals surface area contributed by atoms with Crippen molar-refractivity contribution in [1.82, 2.24) is 9.80 Å². The molecule has 1 aliphatic rings. The molecule has 4 nitrogen and oxygen atoms in total. The Labute approximate surface area is 91.2 Å². The first kappa shape index (κ1) is 12.0. The first-order valence-electron chi connectivity index (χ1n) is 5.07. The van der Waals surface area contributed by atoms with E-state index in [0.717, 1.165) is 19.5 Å². The van der Waals surface area contributed by atoms with Gasteiger partial charge in [0.2, 0.25) is 0 Å². The highest BCUT2D eigenvalue weighted by Gasteiger charge is 2.30. The van der Waals surface area contributed by atoms with E-state index >= 15 is 0 Å². The highest BCUT2D eigenvalue weighted by molar-refractivity contribution is 5.83. The van der Waals surface area contributed by atoms with E-state index in [9.17, 15) is 4.79 Å². The fourth-order valence-electron chi connectivity index (χ4n) is 1.45. The van der Waals surface area contributed by atoms with Crippen molar-refractivity contribution in [3.63, 3.8) is 0 Å². The van der Waals surface area contributed by atoms with Crippen LogP contribution in [-0.2, 0) is 9.53 Å². The smallest absolute Gasteiger partial charge is 0.252 e. The first-order valence-corrected chi connectivity index (χ1v) is 5.07. The van der Waals surface area contributed by atoms with E-state index < -0.39 is 0 Å². The maximum absolute atomic E-state index is 11.6. The number of likely N-dealkylation sites (tertiary alicyclic amines) is 1. The Bertz CT molecular complexity index is 278. The lowest BCUT2D eigenvalue weighted by atomic mass is 10.3. The SMILES string of the molecule is COC1CCN(CC#CCN(C)C)C1=O.